The van der Waals surface area contributed by atoms with Gasteiger partial charge in [-0.3, -0.25) is 14.4 Å². The molecule has 2 heterocycles. The summed E-state index contributed by atoms with van der Waals surface area (Å²) in [5.41, 5.74) is 1.87. The minimum absolute atomic E-state index is 0.0699. The molecule has 40 heavy (non-hydrogen) atoms. The lowest BCUT2D eigenvalue weighted by molar-refractivity contribution is 0.0666. The van der Waals surface area contributed by atoms with E-state index in [0.29, 0.717) is 22.3 Å². The van der Waals surface area contributed by atoms with Crippen molar-refractivity contribution in [2.24, 2.45) is 5.41 Å². The Morgan fingerprint density at radius 2 is 1.50 bits per heavy atom. The average molecular weight is 528 g/mol. The number of hydrogen-bond donors (Lipinski definition) is 1. The predicted molar refractivity (Wildman–Crippen MR) is 151 cm³/mol. The lowest BCUT2D eigenvalue weighted by Crippen LogP contribution is -2.48. The Morgan fingerprint density at radius 1 is 0.850 bits per heavy atom. The Morgan fingerprint density at radius 3 is 2.20 bits per heavy atom. The van der Waals surface area contributed by atoms with Crippen LogP contribution in [0, 0.1) is 5.41 Å². The van der Waals surface area contributed by atoms with Crippen molar-refractivity contribution >= 4 is 29.1 Å². The average Bonchev–Trinajstić information content (AvgIpc) is 3.43. The predicted octanol–water partition coefficient (Wildman–Crippen LogP) is 5.72. The maximum atomic E-state index is 14.6. The Balaban J connectivity index is 1.56. The normalized spacial score (nSPS) is 21.7. The fraction of sp³-hybridized carbons (Fsp3) is 0.147. The molecule has 3 unspecified atom stereocenters. The van der Waals surface area contributed by atoms with Gasteiger partial charge in [0.2, 0.25) is 0 Å². The Labute approximate surface area is 231 Å². The van der Waals surface area contributed by atoms with Gasteiger partial charge in [0.1, 0.15) is 11.5 Å². The lowest BCUT2D eigenvalue weighted by atomic mass is 9.64. The third kappa shape index (κ3) is 3.07. The quantitative estimate of drug-likeness (QED) is 0.270. The molecule has 1 N–H and O–H groups in total. The van der Waals surface area contributed by atoms with Crippen LogP contribution in [0.25, 0.3) is 6.08 Å². The number of phenolic OH excluding ortho intramolecular Hbond substituents is 1. The van der Waals surface area contributed by atoms with Gasteiger partial charge in [-0.2, -0.15) is 0 Å². The second-order valence-electron chi connectivity index (χ2n) is 10.4. The lowest BCUT2D eigenvalue weighted by Gasteiger charge is -2.37. The molecule has 1 saturated heterocycles. The minimum Gasteiger partial charge on any atom is -0.504 e. The molecule has 0 amide bonds. The van der Waals surface area contributed by atoms with Crippen molar-refractivity contribution in [1.29, 1.82) is 0 Å². The van der Waals surface area contributed by atoms with E-state index in [-0.39, 0.29) is 28.8 Å². The van der Waals surface area contributed by atoms with Crippen molar-refractivity contribution in [3.63, 3.8) is 0 Å². The summed E-state index contributed by atoms with van der Waals surface area (Å²) in [6.07, 6.45) is 3.83. The van der Waals surface area contributed by atoms with Crippen LogP contribution in [0.2, 0.25) is 0 Å². The molecular formula is C34H25NO5. The summed E-state index contributed by atoms with van der Waals surface area (Å²) >= 11 is 0. The molecule has 4 aromatic carbocycles. The third-order valence-electron chi connectivity index (χ3n) is 8.60. The molecule has 196 valence electrons. The molecule has 0 saturated carbocycles. The topological polar surface area (TPSA) is 83.9 Å². The van der Waals surface area contributed by atoms with Crippen molar-refractivity contribution in [3.8, 4) is 11.5 Å². The van der Waals surface area contributed by atoms with Crippen molar-refractivity contribution in [1.82, 2.24) is 0 Å². The van der Waals surface area contributed by atoms with Gasteiger partial charge in [0.15, 0.2) is 28.8 Å². The molecule has 3 aliphatic rings. The molecule has 1 spiro atoms. The molecule has 4 aromatic rings. The molecule has 0 aromatic heterocycles. The maximum absolute atomic E-state index is 14.6. The zero-order chi connectivity index (χ0) is 27.6. The van der Waals surface area contributed by atoms with E-state index in [1.54, 1.807) is 60.7 Å². The number of carbonyl (C=O) groups excluding carboxylic acids is 3. The van der Waals surface area contributed by atoms with E-state index >= 15 is 0 Å². The van der Waals surface area contributed by atoms with Crippen LogP contribution < -0.4 is 9.64 Å². The number of phenols is 1. The van der Waals surface area contributed by atoms with Gasteiger partial charge in [-0.25, -0.2) is 0 Å². The number of fused-ring (bicyclic) bond motifs is 5. The number of aromatic hydroxyl groups is 1. The number of nitrogens with zero attached hydrogens (tertiary/aromatic N) is 1. The van der Waals surface area contributed by atoms with Crippen LogP contribution in [0.1, 0.15) is 48.1 Å². The summed E-state index contributed by atoms with van der Waals surface area (Å²) in [5.74, 6) is -1.53. The number of hydrogen-bond acceptors (Lipinski definition) is 6. The largest absolute Gasteiger partial charge is 0.504 e. The summed E-state index contributed by atoms with van der Waals surface area (Å²) in [6.45, 7) is 0. The number of carbonyl (C=O) groups is 3. The molecule has 1 aliphatic carbocycles. The first-order valence-corrected chi connectivity index (χ1v) is 13.2. The fourth-order valence-electron chi connectivity index (χ4n) is 6.95. The standard InChI is InChI=1S/C34H25NO5/c1-40-27-19-22(15-17-26(27)36)29-30(31(37)21-10-3-2-4-11-21)35-25-14-8-5-9-20(25)16-18-28(35)34(29)32(38)23-12-6-7-13-24(23)33(34)39/h2-19,28-30,36H,1H3. The van der Waals surface area contributed by atoms with Crippen LogP contribution in [0.5, 0.6) is 11.5 Å². The first-order chi connectivity index (χ1) is 19.5. The van der Waals surface area contributed by atoms with Crippen molar-refractivity contribution in [2.45, 2.75) is 18.0 Å². The fourth-order valence-corrected chi connectivity index (χ4v) is 6.95. The second-order valence-corrected chi connectivity index (χ2v) is 10.4. The van der Waals surface area contributed by atoms with Gasteiger partial charge >= 0.3 is 0 Å². The van der Waals surface area contributed by atoms with Crippen LogP contribution in [0.4, 0.5) is 5.69 Å². The number of ketones is 3. The number of para-hydroxylation sites is 1. The smallest absolute Gasteiger partial charge is 0.185 e. The summed E-state index contributed by atoms with van der Waals surface area (Å²) in [4.78, 5) is 45.8. The second kappa shape index (κ2) is 8.78. The molecule has 3 atom stereocenters. The van der Waals surface area contributed by atoms with Crippen molar-refractivity contribution < 1.29 is 24.2 Å². The molecule has 0 bridgehead atoms. The Kier molecular flexibility index (Phi) is 5.29. The van der Waals surface area contributed by atoms with E-state index < -0.39 is 23.4 Å². The molecule has 2 aliphatic heterocycles. The zero-order valence-electron chi connectivity index (χ0n) is 21.7. The van der Waals surface area contributed by atoms with Crippen LogP contribution >= 0.6 is 0 Å². The first kappa shape index (κ1) is 24.1. The van der Waals surface area contributed by atoms with Crippen LogP contribution in [0.3, 0.4) is 0 Å². The van der Waals surface area contributed by atoms with E-state index in [0.717, 1.165) is 11.3 Å². The van der Waals surface area contributed by atoms with Crippen LogP contribution in [-0.4, -0.2) is 41.6 Å². The summed E-state index contributed by atoms with van der Waals surface area (Å²) < 4.78 is 5.43. The number of anilines is 1. The monoisotopic (exact) mass is 527 g/mol. The number of Topliss-reactive ketones (excluding diaryl/α,β-unsaturated/α-hetero) is 3. The SMILES string of the molecule is COc1cc(C2C(C(=O)c3ccccc3)N3c4ccccc4C=CC3C23C(=O)c2ccccc2C3=O)ccc1O. The zero-order valence-corrected chi connectivity index (χ0v) is 21.7. The van der Waals surface area contributed by atoms with Gasteiger partial charge in [-0.05, 0) is 29.3 Å². The van der Waals surface area contributed by atoms with Crippen LogP contribution in [-0.2, 0) is 0 Å². The van der Waals surface area contributed by atoms with Gasteiger partial charge in [0.25, 0.3) is 0 Å². The molecule has 6 heteroatoms. The number of ether oxygens (including phenoxy) is 1. The number of methoxy groups -OCH3 is 1. The van der Waals surface area contributed by atoms with Gasteiger partial charge in [-0.1, -0.05) is 91.0 Å². The van der Waals surface area contributed by atoms with Crippen LogP contribution in [0.15, 0.2) is 103 Å². The highest BCUT2D eigenvalue weighted by molar-refractivity contribution is 6.32. The maximum Gasteiger partial charge on any atom is 0.185 e. The van der Waals surface area contributed by atoms with E-state index in [9.17, 15) is 19.5 Å². The van der Waals surface area contributed by atoms with E-state index in [4.69, 9.17) is 4.74 Å². The molecule has 6 nitrogen and oxygen atoms in total. The van der Waals surface area contributed by atoms with Crippen molar-refractivity contribution in [2.75, 3.05) is 12.0 Å². The molecular weight excluding hydrogens is 502 g/mol. The Bertz CT molecular complexity index is 1710. The van der Waals surface area contributed by atoms with Gasteiger partial charge in [0, 0.05) is 28.3 Å². The van der Waals surface area contributed by atoms with Gasteiger partial charge in [-0.15, -0.1) is 0 Å². The summed E-state index contributed by atoms with van der Waals surface area (Å²) in [7, 11) is 1.44. The highest BCUT2D eigenvalue weighted by Crippen LogP contribution is 2.61. The highest BCUT2D eigenvalue weighted by Gasteiger charge is 2.71. The molecule has 0 radical (unpaired) electrons. The molecule has 1 fully saturated rings. The third-order valence-corrected chi connectivity index (χ3v) is 8.60. The van der Waals surface area contributed by atoms with E-state index in [1.165, 1.54) is 13.2 Å². The van der Waals surface area contributed by atoms with Gasteiger partial charge in [0.05, 0.1) is 13.2 Å². The van der Waals surface area contributed by atoms with E-state index in [1.807, 2.05) is 47.4 Å². The number of benzene rings is 4. The summed E-state index contributed by atoms with van der Waals surface area (Å²) in [6, 6.07) is 26.8. The Hall–Kier alpha value is -4.97. The first-order valence-electron chi connectivity index (χ1n) is 13.2. The van der Waals surface area contributed by atoms with Crippen molar-refractivity contribution in [3.05, 3.63) is 131 Å². The highest BCUT2D eigenvalue weighted by atomic mass is 16.5. The van der Waals surface area contributed by atoms with Gasteiger partial charge < -0.3 is 14.7 Å². The number of rotatable bonds is 4. The summed E-state index contributed by atoms with van der Waals surface area (Å²) in [5, 5.41) is 10.4. The van der Waals surface area contributed by atoms with E-state index in [2.05, 4.69) is 0 Å². The minimum atomic E-state index is -1.61. The molecule has 7 rings (SSSR count).